The molecule has 0 saturated heterocycles. The molecule has 2 amide bonds. The third-order valence-corrected chi connectivity index (χ3v) is 5.23. The van der Waals surface area contributed by atoms with Crippen molar-refractivity contribution < 1.29 is 22.7 Å². The summed E-state index contributed by atoms with van der Waals surface area (Å²) in [6.07, 6.45) is 0.668. The molecule has 0 unspecified atom stereocenters. The lowest BCUT2D eigenvalue weighted by Crippen LogP contribution is -2.41. The van der Waals surface area contributed by atoms with Crippen LogP contribution in [0.25, 0.3) is 0 Å². The van der Waals surface area contributed by atoms with Crippen LogP contribution in [-0.4, -0.2) is 64.7 Å². The van der Waals surface area contributed by atoms with Gasteiger partial charge in [0.05, 0.1) is 12.3 Å². The minimum atomic E-state index is -3.62. The van der Waals surface area contributed by atoms with Gasteiger partial charge >= 0.3 is 0 Å². The van der Waals surface area contributed by atoms with Crippen molar-refractivity contribution in [2.75, 3.05) is 39.6 Å². The fourth-order valence-corrected chi connectivity index (χ4v) is 3.87. The Morgan fingerprint density at radius 2 is 2.04 bits per heavy atom. The van der Waals surface area contributed by atoms with Crippen LogP contribution in [0.5, 0.6) is 0 Å². The Morgan fingerprint density at radius 1 is 1.32 bits per heavy atom. The number of methoxy groups -OCH3 is 1. The van der Waals surface area contributed by atoms with Crippen LogP contribution in [0.15, 0.2) is 28.7 Å². The zero-order valence-electron chi connectivity index (χ0n) is 14.3. The van der Waals surface area contributed by atoms with Gasteiger partial charge in [-0.25, -0.2) is 8.42 Å². The second-order valence-corrected chi connectivity index (χ2v) is 8.59. The standard InChI is InChI=1S/C16H23BrN2O5S/c1-19(10-15(20)18-7-4-8-24-2)16(21)12-25(22,23)11-13-5-3-6-14(17)9-13/h3,5-6,9H,4,7-8,10-12H2,1-2H3,(H,18,20). The quantitative estimate of drug-likeness (QED) is 0.553. The highest BCUT2D eigenvalue weighted by atomic mass is 79.9. The van der Waals surface area contributed by atoms with Crippen LogP contribution < -0.4 is 5.32 Å². The van der Waals surface area contributed by atoms with Crippen LogP contribution in [0.4, 0.5) is 0 Å². The van der Waals surface area contributed by atoms with Gasteiger partial charge in [0.25, 0.3) is 0 Å². The molecule has 0 radical (unpaired) electrons. The minimum Gasteiger partial charge on any atom is -0.385 e. The number of hydrogen-bond acceptors (Lipinski definition) is 5. The van der Waals surface area contributed by atoms with Crippen molar-refractivity contribution in [3.05, 3.63) is 34.3 Å². The molecule has 0 aliphatic rings. The van der Waals surface area contributed by atoms with E-state index in [9.17, 15) is 18.0 Å². The van der Waals surface area contributed by atoms with Crippen molar-refractivity contribution in [1.29, 1.82) is 0 Å². The van der Waals surface area contributed by atoms with Crippen LogP contribution in [0.2, 0.25) is 0 Å². The van der Waals surface area contributed by atoms with E-state index < -0.39 is 21.5 Å². The van der Waals surface area contributed by atoms with Crippen molar-refractivity contribution in [1.82, 2.24) is 10.2 Å². The lowest BCUT2D eigenvalue weighted by Gasteiger charge is -2.17. The maximum absolute atomic E-state index is 12.2. The van der Waals surface area contributed by atoms with E-state index in [2.05, 4.69) is 21.2 Å². The first-order chi connectivity index (χ1) is 11.7. The summed E-state index contributed by atoms with van der Waals surface area (Å²) in [6.45, 7) is 0.789. The highest BCUT2D eigenvalue weighted by Gasteiger charge is 2.21. The number of carbonyl (C=O) groups excluding carboxylic acids is 2. The second-order valence-electron chi connectivity index (χ2n) is 5.61. The number of amides is 2. The van der Waals surface area contributed by atoms with Crippen LogP contribution >= 0.6 is 15.9 Å². The molecule has 1 N–H and O–H groups in total. The number of carbonyl (C=O) groups is 2. The van der Waals surface area contributed by atoms with Gasteiger partial charge in [0.2, 0.25) is 11.8 Å². The van der Waals surface area contributed by atoms with E-state index in [1.165, 1.54) is 7.05 Å². The molecule has 0 aliphatic carbocycles. The van der Waals surface area contributed by atoms with Gasteiger partial charge in [0.15, 0.2) is 9.84 Å². The number of ether oxygens (including phenoxy) is 1. The number of hydrogen-bond donors (Lipinski definition) is 1. The van der Waals surface area contributed by atoms with Gasteiger partial charge < -0.3 is 15.0 Å². The smallest absolute Gasteiger partial charge is 0.239 e. The monoisotopic (exact) mass is 434 g/mol. The summed E-state index contributed by atoms with van der Waals surface area (Å²) in [6, 6.07) is 6.90. The third kappa shape index (κ3) is 8.99. The number of benzene rings is 1. The largest absolute Gasteiger partial charge is 0.385 e. The van der Waals surface area contributed by atoms with Gasteiger partial charge in [-0.1, -0.05) is 28.1 Å². The number of nitrogens with zero attached hydrogens (tertiary/aromatic N) is 1. The molecule has 0 atom stereocenters. The lowest BCUT2D eigenvalue weighted by molar-refractivity contribution is -0.132. The zero-order chi connectivity index (χ0) is 18.9. The normalized spacial score (nSPS) is 11.2. The maximum atomic E-state index is 12.2. The summed E-state index contributed by atoms with van der Waals surface area (Å²) in [7, 11) is -0.635. The number of halogens is 1. The Bertz CT molecular complexity index is 694. The molecule has 1 aromatic carbocycles. The van der Waals surface area contributed by atoms with E-state index in [0.29, 0.717) is 25.1 Å². The van der Waals surface area contributed by atoms with Crippen molar-refractivity contribution in [2.24, 2.45) is 0 Å². The average Bonchev–Trinajstić information content (AvgIpc) is 2.50. The van der Waals surface area contributed by atoms with Gasteiger partial charge in [0.1, 0.15) is 5.75 Å². The number of nitrogens with one attached hydrogen (secondary N) is 1. The van der Waals surface area contributed by atoms with E-state index in [1.54, 1.807) is 31.4 Å². The maximum Gasteiger partial charge on any atom is 0.239 e. The van der Waals surface area contributed by atoms with Crippen molar-refractivity contribution >= 4 is 37.6 Å². The van der Waals surface area contributed by atoms with E-state index in [-0.39, 0.29) is 18.2 Å². The molecule has 25 heavy (non-hydrogen) atoms. The predicted molar refractivity (Wildman–Crippen MR) is 98.8 cm³/mol. The Morgan fingerprint density at radius 3 is 2.68 bits per heavy atom. The van der Waals surface area contributed by atoms with Gasteiger partial charge in [0, 0.05) is 31.8 Å². The number of rotatable bonds is 10. The molecule has 0 bridgehead atoms. The van der Waals surface area contributed by atoms with Gasteiger partial charge in [-0.15, -0.1) is 0 Å². The summed E-state index contributed by atoms with van der Waals surface area (Å²) < 4.78 is 30.0. The predicted octanol–water partition coefficient (Wildman–Crippen LogP) is 0.975. The molecule has 140 valence electrons. The highest BCUT2D eigenvalue weighted by Crippen LogP contribution is 2.14. The van der Waals surface area contributed by atoms with E-state index in [1.807, 2.05) is 0 Å². The van der Waals surface area contributed by atoms with E-state index >= 15 is 0 Å². The van der Waals surface area contributed by atoms with Crippen molar-refractivity contribution in [2.45, 2.75) is 12.2 Å². The first-order valence-electron chi connectivity index (χ1n) is 7.68. The Hall–Kier alpha value is -1.45. The molecule has 0 heterocycles. The molecule has 0 aliphatic heterocycles. The van der Waals surface area contributed by atoms with Crippen LogP contribution in [-0.2, 0) is 29.9 Å². The SMILES string of the molecule is COCCCNC(=O)CN(C)C(=O)CS(=O)(=O)Cc1cccc(Br)c1. The summed E-state index contributed by atoms with van der Waals surface area (Å²) in [5.41, 5.74) is 0.598. The lowest BCUT2D eigenvalue weighted by atomic mass is 10.2. The van der Waals surface area contributed by atoms with Crippen LogP contribution in [0, 0.1) is 0 Å². The molecule has 0 spiro atoms. The molecule has 7 nitrogen and oxygen atoms in total. The molecular weight excluding hydrogens is 412 g/mol. The first kappa shape index (κ1) is 21.6. The topological polar surface area (TPSA) is 92.8 Å². The molecule has 9 heteroatoms. The molecule has 0 aromatic heterocycles. The van der Waals surface area contributed by atoms with Gasteiger partial charge in [-0.2, -0.15) is 0 Å². The summed E-state index contributed by atoms with van der Waals surface area (Å²) >= 11 is 3.28. The van der Waals surface area contributed by atoms with Crippen molar-refractivity contribution in [3.8, 4) is 0 Å². The summed E-state index contributed by atoms with van der Waals surface area (Å²) in [5.74, 6) is -1.80. The minimum absolute atomic E-state index is 0.182. The molecule has 1 rings (SSSR count). The molecule has 0 fully saturated rings. The number of sulfone groups is 1. The fourth-order valence-electron chi connectivity index (χ4n) is 2.03. The molecular formula is C16H23BrN2O5S. The van der Waals surface area contributed by atoms with Crippen LogP contribution in [0.3, 0.4) is 0 Å². The van der Waals surface area contributed by atoms with Crippen molar-refractivity contribution in [3.63, 3.8) is 0 Å². The number of likely N-dealkylation sites (N-methyl/N-ethyl adjacent to an activating group) is 1. The third-order valence-electron chi connectivity index (χ3n) is 3.27. The van der Waals surface area contributed by atoms with Gasteiger partial charge in [-0.05, 0) is 24.1 Å². The fraction of sp³-hybridized carbons (Fsp3) is 0.500. The van der Waals surface area contributed by atoms with Crippen LogP contribution in [0.1, 0.15) is 12.0 Å². The summed E-state index contributed by atoms with van der Waals surface area (Å²) in [4.78, 5) is 24.9. The first-order valence-corrected chi connectivity index (χ1v) is 10.3. The average molecular weight is 435 g/mol. The zero-order valence-corrected chi connectivity index (χ0v) is 16.7. The van der Waals surface area contributed by atoms with Gasteiger partial charge in [-0.3, -0.25) is 9.59 Å². The molecule has 0 saturated carbocycles. The van der Waals surface area contributed by atoms with E-state index in [4.69, 9.17) is 4.74 Å². The molecule has 1 aromatic rings. The summed E-state index contributed by atoms with van der Waals surface area (Å²) in [5, 5.41) is 2.64. The second kappa shape index (κ2) is 10.5. The Balaban J connectivity index is 2.48. The Kier molecular flexibility index (Phi) is 9.09. The Labute approximate surface area is 156 Å². The highest BCUT2D eigenvalue weighted by molar-refractivity contribution is 9.10. The van der Waals surface area contributed by atoms with E-state index in [0.717, 1.165) is 9.37 Å².